The van der Waals surface area contributed by atoms with Gasteiger partial charge in [0, 0.05) is 45.2 Å². The van der Waals surface area contributed by atoms with Crippen molar-refractivity contribution < 1.29 is 23.7 Å². The molecule has 2 aliphatic heterocycles. The topological polar surface area (TPSA) is 57.2 Å². The number of carbonyl (C=O) groups excluding carboxylic acids is 1. The lowest BCUT2D eigenvalue weighted by Crippen LogP contribution is -2.40. The molecule has 3 atom stereocenters. The van der Waals surface area contributed by atoms with Crippen molar-refractivity contribution in [2.24, 2.45) is 0 Å². The molecule has 0 bridgehead atoms. The average Bonchev–Trinajstić information content (AvgIpc) is 3.16. The van der Waals surface area contributed by atoms with Crippen molar-refractivity contribution in [2.75, 3.05) is 26.6 Å². The zero-order valence-electron chi connectivity index (χ0n) is 19.9. The van der Waals surface area contributed by atoms with Crippen LogP contribution >= 0.6 is 23.2 Å². The Labute approximate surface area is 202 Å². The SMILES string of the molecule is C[C@@H]1[C@@H](c2c(OCOCC[Si](C)(C)C)ccc(Cl)c2Cl)CC(=O)N1C[C@H]1COC(C)(C)O1. The second-order valence-electron chi connectivity index (χ2n) is 10.3. The Hall–Kier alpha value is -0.833. The van der Waals surface area contributed by atoms with Crippen LogP contribution in [0.1, 0.15) is 38.7 Å². The first-order valence-corrected chi connectivity index (χ1v) is 15.6. The molecule has 0 aromatic heterocycles. The van der Waals surface area contributed by atoms with Gasteiger partial charge in [-0.15, -0.1) is 0 Å². The van der Waals surface area contributed by atoms with Gasteiger partial charge in [0.25, 0.3) is 0 Å². The number of likely N-dealkylation sites (tertiary alicyclic amines) is 1. The van der Waals surface area contributed by atoms with Gasteiger partial charge >= 0.3 is 0 Å². The van der Waals surface area contributed by atoms with E-state index in [4.69, 9.17) is 42.1 Å². The molecule has 2 heterocycles. The van der Waals surface area contributed by atoms with E-state index in [0.717, 1.165) is 11.6 Å². The fourth-order valence-electron chi connectivity index (χ4n) is 4.17. The summed E-state index contributed by atoms with van der Waals surface area (Å²) >= 11 is 13.0. The Morgan fingerprint density at radius 2 is 1.97 bits per heavy atom. The maximum absolute atomic E-state index is 12.9. The van der Waals surface area contributed by atoms with Gasteiger partial charge in [0.2, 0.25) is 5.91 Å². The lowest BCUT2D eigenvalue weighted by atomic mass is 9.91. The first kappa shape index (κ1) is 25.8. The van der Waals surface area contributed by atoms with E-state index >= 15 is 0 Å². The van der Waals surface area contributed by atoms with Crippen molar-refractivity contribution in [2.45, 2.75) is 76.7 Å². The summed E-state index contributed by atoms with van der Waals surface area (Å²) in [6, 6.07) is 4.51. The number of amides is 1. The number of halogens is 2. The third-order valence-electron chi connectivity index (χ3n) is 6.01. The van der Waals surface area contributed by atoms with E-state index < -0.39 is 13.9 Å². The standard InChI is InChI=1S/C23H35Cl2NO5Si/c1-15-17(11-20(27)26(15)12-16-13-30-23(2,3)31-16)21-19(8-7-18(24)22(21)25)29-14-28-9-10-32(4,5)6/h7-8,15-17H,9-14H2,1-6H3/t15-,16+,17+/m1/s1. The van der Waals surface area contributed by atoms with Gasteiger partial charge in [-0.05, 0) is 38.9 Å². The molecule has 2 saturated heterocycles. The van der Waals surface area contributed by atoms with E-state index in [1.807, 2.05) is 31.7 Å². The molecular formula is C23H35Cl2NO5Si. The number of rotatable bonds is 9. The summed E-state index contributed by atoms with van der Waals surface area (Å²) < 4.78 is 23.2. The highest BCUT2D eigenvalue weighted by Crippen LogP contribution is 2.45. The fraction of sp³-hybridized carbons (Fsp3) is 0.696. The number of ether oxygens (including phenoxy) is 4. The summed E-state index contributed by atoms with van der Waals surface area (Å²) in [7, 11) is -1.17. The molecule has 180 valence electrons. The fourth-order valence-corrected chi connectivity index (χ4v) is 5.38. The summed E-state index contributed by atoms with van der Waals surface area (Å²) in [5, 5.41) is 0.875. The van der Waals surface area contributed by atoms with Crippen LogP contribution in [0, 0.1) is 0 Å². The van der Waals surface area contributed by atoms with Gasteiger partial charge in [0.15, 0.2) is 12.6 Å². The Bertz CT molecular complexity index is 829. The predicted molar refractivity (Wildman–Crippen MR) is 129 cm³/mol. The summed E-state index contributed by atoms with van der Waals surface area (Å²) in [5.41, 5.74) is 0.764. The Balaban J connectivity index is 1.70. The quantitative estimate of drug-likeness (QED) is 0.251. The summed E-state index contributed by atoms with van der Waals surface area (Å²) in [4.78, 5) is 14.8. The van der Waals surface area contributed by atoms with Crippen LogP contribution in [0.25, 0.3) is 0 Å². The van der Waals surface area contributed by atoms with Crippen LogP contribution in [-0.2, 0) is 19.0 Å². The van der Waals surface area contributed by atoms with Crippen molar-refractivity contribution in [1.82, 2.24) is 4.90 Å². The number of carbonyl (C=O) groups is 1. The van der Waals surface area contributed by atoms with Gasteiger partial charge in [-0.3, -0.25) is 4.79 Å². The molecule has 32 heavy (non-hydrogen) atoms. The molecule has 2 aliphatic rings. The van der Waals surface area contributed by atoms with E-state index in [-0.39, 0.29) is 30.8 Å². The number of nitrogens with zero attached hydrogens (tertiary/aromatic N) is 1. The molecule has 0 N–H and O–H groups in total. The van der Waals surface area contributed by atoms with Gasteiger partial charge in [-0.2, -0.15) is 0 Å². The van der Waals surface area contributed by atoms with Crippen LogP contribution in [-0.4, -0.2) is 63.4 Å². The molecule has 0 unspecified atom stereocenters. The molecule has 0 radical (unpaired) electrons. The van der Waals surface area contributed by atoms with E-state index in [0.29, 0.717) is 42.0 Å². The maximum Gasteiger partial charge on any atom is 0.223 e. The zero-order chi connectivity index (χ0) is 23.7. The molecule has 0 spiro atoms. The molecule has 1 amide bonds. The maximum atomic E-state index is 12.9. The van der Waals surface area contributed by atoms with E-state index in [1.165, 1.54) is 0 Å². The zero-order valence-corrected chi connectivity index (χ0v) is 22.4. The highest BCUT2D eigenvalue weighted by Gasteiger charge is 2.43. The van der Waals surface area contributed by atoms with Gasteiger partial charge in [0.05, 0.1) is 16.7 Å². The normalized spacial score (nSPS) is 25.6. The molecule has 9 heteroatoms. The van der Waals surface area contributed by atoms with Gasteiger partial charge < -0.3 is 23.8 Å². The van der Waals surface area contributed by atoms with E-state index in [2.05, 4.69) is 19.6 Å². The van der Waals surface area contributed by atoms with Crippen molar-refractivity contribution in [3.8, 4) is 5.75 Å². The van der Waals surface area contributed by atoms with Crippen LogP contribution in [0.15, 0.2) is 12.1 Å². The van der Waals surface area contributed by atoms with Gasteiger partial charge in [-0.1, -0.05) is 42.8 Å². The second-order valence-corrected chi connectivity index (χ2v) is 16.7. The Kier molecular flexibility index (Phi) is 8.22. The minimum absolute atomic E-state index is 0.0594. The third kappa shape index (κ3) is 6.39. The molecule has 2 fully saturated rings. The lowest BCUT2D eigenvalue weighted by molar-refractivity contribution is -0.145. The molecule has 1 aromatic carbocycles. The third-order valence-corrected chi connectivity index (χ3v) is 8.54. The van der Waals surface area contributed by atoms with Crippen molar-refractivity contribution >= 4 is 37.2 Å². The highest BCUT2D eigenvalue weighted by molar-refractivity contribution is 6.76. The first-order valence-electron chi connectivity index (χ1n) is 11.2. The molecule has 6 nitrogen and oxygen atoms in total. The monoisotopic (exact) mass is 503 g/mol. The molecular weight excluding hydrogens is 469 g/mol. The van der Waals surface area contributed by atoms with Gasteiger partial charge in [-0.25, -0.2) is 0 Å². The molecule has 3 rings (SSSR count). The summed E-state index contributed by atoms with van der Waals surface area (Å²) in [6.45, 7) is 14.5. The number of hydrogen-bond acceptors (Lipinski definition) is 5. The van der Waals surface area contributed by atoms with Crippen molar-refractivity contribution in [3.05, 3.63) is 27.7 Å². The number of benzene rings is 1. The largest absolute Gasteiger partial charge is 0.467 e. The molecule has 0 saturated carbocycles. The van der Waals surface area contributed by atoms with E-state index in [1.54, 1.807) is 6.07 Å². The Morgan fingerprint density at radius 1 is 1.25 bits per heavy atom. The average molecular weight is 505 g/mol. The number of hydrogen-bond donors (Lipinski definition) is 0. The Morgan fingerprint density at radius 3 is 2.59 bits per heavy atom. The van der Waals surface area contributed by atoms with Gasteiger partial charge in [0.1, 0.15) is 11.9 Å². The van der Waals surface area contributed by atoms with Crippen LogP contribution < -0.4 is 4.74 Å². The molecule has 1 aromatic rings. The minimum atomic E-state index is -1.17. The first-order chi connectivity index (χ1) is 14.9. The minimum Gasteiger partial charge on any atom is -0.467 e. The van der Waals surface area contributed by atoms with Crippen molar-refractivity contribution in [3.63, 3.8) is 0 Å². The summed E-state index contributed by atoms with van der Waals surface area (Å²) in [5.74, 6) is -0.0892. The van der Waals surface area contributed by atoms with Crippen molar-refractivity contribution in [1.29, 1.82) is 0 Å². The molecule has 0 aliphatic carbocycles. The van der Waals surface area contributed by atoms with Crippen LogP contribution in [0.4, 0.5) is 0 Å². The lowest BCUT2D eigenvalue weighted by Gasteiger charge is -2.28. The smallest absolute Gasteiger partial charge is 0.223 e. The second kappa shape index (κ2) is 10.2. The summed E-state index contributed by atoms with van der Waals surface area (Å²) in [6.07, 6.45) is 0.186. The predicted octanol–water partition coefficient (Wildman–Crippen LogP) is 5.54. The van der Waals surface area contributed by atoms with Crippen LogP contribution in [0.2, 0.25) is 35.7 Å². The van der Waals surface area contributed by atoms with E-state index in [9.17, 15) is 4.79 Å². The van der Waals surface area contributed by atoms with Crippen LogP contribution in [0.3, 0.4) is 0 Å². The van der Waals surface area contributed by atoms with Crippen LogP contribution in [0.5, 0.6) is 5.75 Å². The highest BCUT2D eigenvalue weighted by atomic mass is 35.5.